The Bertz CT molecular complexity index is 1120. The van der Waals surface area contributed by atoms with E-state index in [0.29, 0.717) is 11.3 Å². The maximum absolute atomic E-state index is 12.7. The monoisotopic (exact) mass is 459 g/mol. The van der Waals surface area contributed by atoms with E-state index in [2.05, 4.69) is 44.9 Å². The fraction of sp³-hybridized carbons (Fsp3) is 0.500. The molecule has 34 heavy (non-hydrogen) atoms. The normalized spacial score (nSPS) is 25.3. The Balaban J connectivity index is 1.12. The first-order valence-corrected chi connectivity index (χ1v) is 12.2. The maximum Gasteiger partial charge on any atom is 0.251 e. The van der Waals surface area contributed by atoms with Gasteiger partial charge < -0.3 is 14.4 Å². The van der Waals surface area contributed by atoms with Crippen LogP contribution in [0.1, 0.15) is 55.3 Å². The number of piperidine rings is 1. The molecule has 1 aliphatic carbocycles. The first-order chi connectivity index (χ1) is 16.7. The van der Waals surface area contributed by atoms with Gasteiger partial charge in [0.05, 0.1) is 7.11 Å². The Hall–Kier alpha value is -3.13. The Kier molecular flexibility index (Phi) is 5.40. The first kappa shape index (κ1) is 21.4. The Morgan fingerprint density at radius 3 is 2.47 bits per heavy atom. The van der Waals surface area contributed by atoms with Crippen LogP contribution in [0.4, 0.5) is 0 Å². The first-order valence-electron chi connectivity index (χ1n) is 12.2. The zero-order valence-electron chi connectivity index (χ0n) is 19.4. The lowest BCUT2D eigenvalue weighted by Gasteiger charge is -2.34. The van der Waals surface area contributed by atoms with Crippen molar-refractivity contribution in [3.8, 4) is 16.9 Å². The predicted octanol–water partition coefficient (Wildman–Crippen LogP) is 5.47. The Morgan fingerprint density at radius 2 is 1.79 bits per heavy atom. The van der Waals surface area contributed by atoms with E-state index in [1.54, 1.807) is 7.11 Å². The number of ether oxygens (including phenoxy) is 2. The third-order valence-electron chi connectivity index (χ3n) is 7.98. The topological polar surface area (TPSA) is 88.2 Å². The molecule has 0 N–H and O–H groups in total. The van der Waals surface area contributed by atoms with Crippen LogP contribution in [0.3, 0.4) is 0 Å². The Labute approximate surface area is 199 Å². The van der Waals surface area contributed by atoms with Crippen LogP contribution in [0.5, 0.6) is 5.75 Å². The summed E-state index contributed by atoms with van der Waals surface area (Å²) in [4.78, 5) is 14.7. The lowest BCUT2D eigenvalue weighted by atomic mass is 9.88. The van der Waals surface area contributed by atoms with Crippen LogP contribution in [0.25, 0.3) is 11.1 Å². The summed E-state index contributed by atoms with van der Waals surface area (Å²) in [6.45, 7) is 2.44. The summed E-state index contributed by atoms with van der Waals surface area (Å²) < 4.78 is 11.3. The highest BCUT2D eigenvalue weighted by molar-refractivity contribution is 5.81. The van der Waals surface area contributed by atoms with Crippen LogP contribution >= 0.6 is 0 Å². The number of hydrogen-bond acceptors (Lipinski definition) is 7. The molecule has 0 aromatic heterocycles. The van der Waals surface area contributed by atoms with Crippen LogP contribution < -0.4 is 4.74 Å². The smallest absolute Gasteiger partial charge is 0.251 e. The maximum atomic E-state index is 12.7. The molecule has 2 atom stereocenters. The van der Waals surface area contributed by atoms with Crippen molar-refractivity contribution in [2.24, 2.45) is 26.1 Å². The van der Waals surface area contributed by atoms with Gasteiger partial charge in [-0.3, -0.25) is 4.79 Å². The summed E-state index contributed by atoms with van der Waals surface area (Å²) in [5.74, 6) is 1.57. The summed E-state index contributed by atoms with van der Waals surface area (Å²) in [6.07, 6.45) is 4.68. The zero-order chi connectivity index (χ0) is 23.1. The average molecular weight is 460 g/mol. The molecule has 3 aliphatic heterocycles. The number of methoxy groups -OCH3 is 1. The van der Waals surface area contributed by atoms with E-state index >= 15 is 0 Å². The van der Waals surface area contributed by atoms with Crippen LogP contribution in [0, 0.1) is 5.41 Å². The average Bonchev–Trinajstić information content (AvgIpc) is 3.31. The van der Waals surface area contributed by atoms with E-state index in [4.69, 9.17) is 9.47 Å². The fourth-order valence-electron chi connectivity index (χ4n) is 5.82. The van der Waals surface area contributed by atoms with Gasteiger partial charge in [0.15, 0.2) is 0 Å². The lowest BCUT2D eigenvalue weighted by molar-refractivity contribution is -0.142. The van der Waals surface area contributed by atoms with Crippen molar-refractivity contribution in [3.05, 3.63) is 53.6 Å². The van der Waals surface area contributed by atoms with Gasteiger partial charge in [-0.25, -0.2) is 0 Å². The molecule has 6 rings (SSSR count). The quantitative estimate of drug-likeness (QED) is 0.594. The van der Waals surface area contributed by atoms with Crippen LogP contribution in [0.2, 0.25) is 0 Å². The van der Waals surface area contributed by atoms with Crippen molar-refractivity contribution < 1.29 is 14.3 Å². The molecule has 1 unspecified atom stereocenters. The minimum absolute atomic E-state index is 0.199. The zero-order valence-corrected chi connectivity index (χ0v) is 19.4. The van der Waals surface area contributed by atoms with Gasteiger partial charge >= 0.3 is 0 Å². The molecule has 1 spiro atoms. The highest BCUT2D eigenvalue weighted by Crippen LogP contribution is 2.65. The fourth-order valence-corrected chi connectivity index (χ4v) is 5.82. The summed E-state index contributed by atoms with van der Waals surface area (Å²) in [6, 6.07) is 14.9. The second-order valence-corrected chi connectivity index (χ2v) is 9.81. The molecule has 8 heteroatoms. The predicted molar refractivity (Wildman–Crippen MR) is 125 cm³/mol. The van der Waals surface area contributed by atoms with Crippen molar-refractivity contribution >= 4 is 5.91 Å². The number of hydrogen-bond donors (Lipinski definition) is 0. The molecule has 176 valence electrons. The summed E-state index contributed by atoms with van der Waals surface area (Å²) in [7, 11) is 1.68. The molecule has 8 nitrogen and oxygen atoms in total. The number of likely N-dealkylation sites (tertiary alicyclic amines) is 1. The number of carbonyl (C=O) groups excluding carboxylic acids is 1. The van der Waals surface area contributed by atoms with E-state index in [1.807, 2.05) is 23.1 Å². The standard InChI is InChI=1S/C26H29N5O3/c1-33-23-15-19(24-27-29-30-28-24)8-9-20(23)17-4-6-18(7-5-17)21-16-26(21)10-12-31(13-11-26)25(32)22-3-2-14-34-22/h4-9,15,21-22,24H,2-3,10-14,16H2,1H3/t21?,22-/m1/s1. The van der Waals surface area contributed by atoms with Gasteiger partial charge in [-0.15, -0.1) is 10.2 Å². The minimum atomic E-state index is -0.385. The Morgan fingerprint density at radius 1 is 1.06 bits per heavy atom. The van der Waals surface area contributed by atoms with Crippen molar-refractivity contribution in [2.75, 3.05) is 26.8 Å². The number of rotatable bonds is 5. The van der Waals surface area contributed by atoms with Crippen molar-refractivity contribution in [2.45, 2.75) is 50.3 Å². The van der Waals surface area contributed by atoms with Crippen LogP contribution in [-0.4, -0.2) is 43.7 Å². The lowest BCUT2D eigenvalue weighted by Crippen LogP contribution is -2.44. The molecular weight excluding hydrogens is 430 g/mol. The number of benzene rings is 2. The van der Waals surface area contributed by atoms with E-state index in [-0.39, 0.29) is 18.2 Å². The number of nitrogens with zero attached hydrogens (tertiary/aromatic N) is 5. The molecule has 1 amide bonds. The summed E-state index contributed by atoms with van der Waals surface area (Å²) in [5.41, 5.74) is 4.82. The molecule has 2 aromatic rings. The van der Waals surface area contributed by atoms with E-state index in [0.717, 1.165) is 67.8 Å². The van der Waals surface area contributed by atoms with Crippen LogP contribution in [0.15, 0.2) is 63.1 Å². The van der Waals surface area contributed by atoms with Gasteiger partial charge in [0, 0.05) is 30.8 Å². The largest absolute Gasteiger partial charge is 0.496 e. The molecule has 3 heterocycles. The van der Waals surface area contributed by atoms with Gasteiger partial charge in [-0.2, -0.15) is 0 Å². The van der Waals surface area contributed by atoms with Crippen molar-refractivity contribution in [1.82, 2.24) is 4.90 Å². The highest BCUT2D eigenvalue weighted by atomic mass is 16.5. The molecule has 1 saturated carbocycles. The molecule has 2 aromatic carbocycles. The molecule has 0 bridgehead atoms. The van der Waals surface area contributed by atoms with Crippen molar-refractivity contribution in [3.63, 3.8) is 0 Å². The van der Waals surface area contributed by atoms with Crippen molar-refractivity contribution in [1.29, 1.82) is 0 Å². The second-order valence-electron chi connectivity index (χ2n) is 9.81. The SMILES string of the molecule is COc1cc(C2N=NN=N2)ccc1-c1ccc(C2CC23CCN(C(=O)[C@H]2CCCO2)CC3)cc1. The summed E-state index contributed by atoms with van der Waals surface area (Å²) >= 11 is 0. The van der Waals surface area contributed by atoms with Gasteiger partial charge in [0.2, 0.25) is 6.17 Å². The number of carbonyl (C=O) groups is 1. The third-order valence-corrected chi connectivity index (χ3v) is 7.98. The molecular formula is C26H29N5O3. The third kappa shape index (κ3) is 3.79. The van der Waals surface area contributed by atoms with E-state index in [9.17, 15) is 4.79 Å². The van der Waals surface area contributed by atoms with E-state index < -0.39 is 0 Å². The second kappa shape index (κ2) is 8.58. The summed E-state index contributed by atoms with van der Waals surface area (Å²) in [5, 5.41) is 15.2. The van der Waals surface area contributed by atoms with Crippen LogP contribution in [-0.2, 0) is 9.53 Å². The van der Waals surface area contributed by atoms with Gasteiger partial charge in [-0.1, -0.05) is 36.4 Å². The van der Waals surface area contributed by atoms with Gasteiger partial charge in [-0.05, 0) is 71.1 Å². The molecule has 2 saturated heterocycles. The molecule has 3 fully saturated rings. The van der Waals surface area contributed by atoms with Gasteiger partial charge in [0.25, 0.3) is 5.91 Å². The number of amides is 1. The van der Waals surface area contributed by atoms with E-state index in [1.165, 1.54) is 12.0 Å². The molecule has 4 aliphatic rings. The highest BCUT2D eigenvalue weighted by Gasteiger charge is 2.55. The van der Waals surface area contributed by atoms with Gasteiger partial charge in [0.1, 0.15) is 11.9 Å². The minimum Gasteiger partial charge on any atom is -0.496 e. The molecule has 0 radical (unpaired) electrons.